The molecule has 1 heterocycles. The Hall–Kier alpha value is -3.22. The van der Waals surface area contributed by atoms with Crippen LogP contribution in [0.3, 0.4) is 0 Å². The minimum Gasteiger partial charge on any atom is -0.494 e. The van der Waals surface area contributed by atoms with Crippen LogP contribution < -0.4 is 19.5 Å². The van der Waals surface area contributed by atoms with Crippen LogP contribution in [-0.4, -0.2) is 31.9 Å². The second-order valence-electron chi connectivity index (χ2n) is 6.39. The molecule has 0 bridgehead atoms. The van der Waals surface area contributed by atoms with Gasteiger partial charge in [0.1, 0.15) is 5.75 Å². The molecule has 1 amide bonds. The summed E-state index contributed by atoms with van der Waals surface area (Å²) in [7, 11) is 0. The molecular formula is C21H23NO6. The number of nitrogens with one attached hydrogen (secondary N) is 1. The lowest BCUT2D eigenvalue weighted by atomic mass is 10.2. The largest absolute Gasteiger partial charge is 0.494 e. The van der Waals surface area contributed by atoms with Crippen molar-refractivity contribution in [2.45, 2.75) is 26.3 Å². The number of ether oxygens (including phenoxy) is 4. The molecule has 0 saturated carbocycles. The topological polar surface area (TPSA) is 83.1 Å². The molecule has 0 aliphatic carbocycles. The molecule has 1 N–H and O–H groups in total. The lowest BCUT2D eigenvalue weighted by Gasteiger charge is -2.08. The molecule has 28 heavy (non-hydrogen) atoms. The number of fused-ring (bicyclic) bond motifs is 1. The first kappa shape index (κ1) is 19.5. The van der Waals surface area contributed by atoms with Crippen LogP contribution in [-0.2, 0) is 20.9 Å². The van der Waals surface area contributed by atoms with Gasteiger partial charge in [0, 0.05) is 13.0 Å². The van der Waals surface area contributed by atoms with Gasteiger partial charge in [-0.2, -0.15) is 0 Å². The number of rotatable bonds is 9. The van der Waals surface area contributed by atoms with Gasteiger partial charge in [-0.15, -0.1) is 0 Å². The average molecular weight is 385 g/mol. The van der Waals surface area contributed by atoms with Gasteiger partial charge in [0.25, 0.3) is 5.91 Å². The molecule has 2 aromatic rings. The molecule has 1 aliphatic heterocycles. The number of carbonyl (C=O) groups is 2. The Balaban J connectivity index is 1.27. The molecule has 0 atom stereocenters. The zero-order chi connectivity index (χ0) is 19.8. The van der Waals surface area contributed by atoms with Crippen LogP contribution in [0.5, 0.6) is 17.2 Å². The van der Waals surface area contributed by atoms with Crippen LogP contribution in [0.15, 0.2) is 42.5 Å². The van der Waals surface area contributed by atoms with E-state index in [2.05, 4.69) is 5.32 Å². The summed E-state index contributed by atoms with van der Waals surface area (Å²) < 4.78 is 21.1. The number of amides is 1. The quantitative estimate of drug-likeness (QED) is 0.528. The van der Waals surface area contributed by atoms with E-state index in [1.165, 1.54) is 0 Å². The Kier molecular flexibility index (Phi) is 6.73. The van der Waals surface area contributed by atoms with Crippen LogP contribution in [0.2, 0.25) is 0 Å². The highest BCUT2D eigenvalue weighted by Crippen LogP contribution is 2.32. The Bertz CT molecular complexity index is 818. The fourth-order valence-electron chi connectivity index (χ4n) is 2.56. The Morgan fingerprint density at radius 2 is 1.86 bits per heavy atom. The molecular weight excluding hydrogens is 362 g/mol. The van der Waals surface area contributed by atoms with Crippen molar-refractivity contribution in [2.75, 3.05) is 20.0 Å². The van der Waals surface area contributed by atoms with Gasteiger partial charge in [-0.25, -0.2) is 0 Å². The van der Waals surface area contributed by atoms with E-state index in [1.54, 1.807) is 6.07 Å². The summed E-state index contributed by atoms with van der Waals surface area (Å²) in [5, 5.41) is 2.70. The smallest absolute Gasteiger partial charge is 0.306 e. The van der Waals surface area contributed by atoms with Gasteiger partial charge >= 0.3 is 5.97 Å². The van der Waals surface area contributed by atoms with Crippen LogP contribution in [0.1, 0.15) is 24.0 Å². The van der Waals surface area contributed by atoms with Gasteiger partial charge in [0.2, 0.25) is 6.79 Å². The van der Waals surface area contributed by atoms with E-state index in [0.29, 0.717) is 31.1 Å². The number of hydrogen-bond donors (Lipinski definition) is 1. The number of aryl methyl sites for hydroxylation is 1. The van der Waals surface area contributed by atoms with Crippen molar-refractivity contribution in [1.82, 2.24) is 5.32 Å². The van der Waals surface area contributed by atoms with Crippen LogP contribution in [0, 0.1) is 6.92 Å². The lowest BCUT2D eigenvalue weighted by Crippen LogP contribution is -2.28. The number of esters is 1. The third-order valence-corrected chi connectivity index (χ3v) is 4.11. The van der Waals surface area contributed by atoms with Crippen molar-refractivity contribution in [2.24, 2.45) is 0 Å². The van der Waals surface area contributed by atoms with Gasteiger partial charge in [-0.1, -0.05) is 23.8 Å². The minimum absolute atomic E-state index is 0.196. The van der Waals surface area contributed by atoms with E-state index in [1.807, 2.05) is 43.3 Å². The maximum atomic E-state index is 11.8. The highest BCUT2D eigenvalue weighted by Gasteiger charge is 2.13. The highest BCUT2D eigenvalue weighted by molar-refractivity contribution is 5.80. The summed E-state index contributed by atoms with van der Waals surface area (Å²) in [6, 6.07) is 13.1. The molecule has 0 radical (unpaired) electrons. The van der Waals surface area contributed by atoms with E-state index in [9.17, 15) is 9.59 Å². The van der Waals surface area contributed by atoms with E-state index in [0.717, 1.165) is 16.9 Å². The van der Waals surface area contributed by atoms with E-state index in [4.69, 9.17) is 18.9 Å². The normalized spacial score (nSPS) is 11.8. The number of carbonyl (C=O) groups excluding carboxylic acids is 2. The van der Waals surface area contributed by atoms with E-state index >= 15 is 0 Å². The van der Waals surface area contributed by atoms with Gasteiger partial charge in [-0.05, 0) is 43.2 Å². The molecule has 148 valence electrons. The Morgan fingerprint density at radius 3 is 2.68 bits per heavy atom. The zero-order valence-electron chi connectivity index (χ0n) is 15.7. The minimum atomic E-state index is -0.425. The maximum absolute atomic E-state index is 11.8. The monoisotopic (exact) mass is 385 g/mol. The fourth-order valence-corrected chi connectivity index (χ4v) is 2.56. The average Bonchev–Trinajstić information content (AvgIpc) is 3.17. The third kappa shape index (κ3) is 5.90. The number of benzene rings is 2. The van der Waals surface area contributed by atoms with Crippen LogP contribution in [0.25, 0.3) is 0 Å². The summed E-state index contributed by atoms with van der Waals surface area (Å²) in [4.78, 5) is 23.5. The molecule has 3 rings (SSSR count). The number of hydrogen-bond acceptors (Lipinski definition) is 6. The molecule has 0 spiro atoms. The first-order valence-electron chi connectivity index (χ1n) is 9.10. The molecule has 0 fully saturated rings. The van der Waals surface area contributed by atoms with E-state index in [-0.39, 0.29) is 25.7 Å². The van der Waals surface area contributed by atoms with Gasteiger partial charge in [0.05, 0.1) is 6.61 Å². The van der Waals surface area contributed by atoms with Crippen molar-refractivity contribution < 1.29 is 28.5 Å². The molecule has 0 unspecified atom stereocenters. The first-order chi connectivity index (χ1) is 13.6. The van der Waals surface area contributed by atoms with Crippen molar-refractivity contribution >= 4 is 11.9 Å². The van der Waals surface area contributed by atoms with Gasteiger partial charge in [-0.3, -0.25) is 9.59 Å². The Labute approximate surface area is 163 Å². The molecule has 7 nitrogen and oxygen atoms in total. The predicted octanol–water partition coefficient (Wildman–Crippen LogP) is 2.74. The second-order valence-corrected chi connectivity index (χ2v) is 6.39. The van der Waals surface area contributed by atoms with Crippen LogP contribution >= 0.6 is 0 Å². The second kappa shape index (κ2) is 9.64. The Morgan fingerprint density at radius 1 is 1.07 bits per heavy atom. The van der Waals surface area contributed by atoms with E-state index < -0.39 is 5.97 Å². The lowest BCUT2D eigenvalue weighted by molar-refractivity contribution is -0.148. The summed E-state index contributed by atoms with van der Waals surface area (Å²) in [6.45, 7) is 2.64. The first-order valence-corrected chi connectivity index (χ1v) is 9.10. The fraction of sp³-hybridized carbons (Fsp3) is 0.333. The molecule has 0 aromatic heterocycles. The maximum Gasteiger partial charge on any atom is 0.306 e. The molecule has 0 saturated heterocycles. The molecule has 7 heteroatoms. The van der Waals surface area contributed by atoms with Crippen molar-refractivity contribution in [3.05, 3.63) is 53.6 Å². The summed E-state index contributed by atoms with van der Waals surface area (Å²) >= 11 is 0. The molecule has 2 aromatic carbocycles. The van der Waals surface area contributed by atoms with Gasteiger partial charge < -0.3 is 24.3 Å². The summed E-state index contributed by atoms with van der Waals surface area (Å²) in [5.41, 5.74) is 2.03. The van der Waals surface area contributed by atoms with Crippen molar-refractivity contribution in [1.29, 1.82) is 0 Å². The summed E-state index contributed by atoms with van der Waals surface area (Å²) in [5.74, 6) is 1.33. The summed E-state index contributed by atoms with van der Waals surface area (Å²) in [6.07, 6.45) is 0.715. The predicted molar refractivity (Wildman–Crippen MR) is 101 cm³/mol. The standard InChI is InChI=1S/C21H23NO6/c1-15-4-7-17(8-5-15)25-10-2-3-21(24)26-13-20(23)22-12-16-6-9-18-19(11-16)28-14-27-18/h4-9,11H,2-3,10,12-14H2,1H3,(H,22,23). The van der Waals surface area contributed by atoms with Gasteiger partial charge in [0.15, 0.2) is 18.1 Å². The SMILES string of the molecule is Cc1ccc(OCCCC(=O)OCC(=O)NCc2ccc3c(c2)OCO3)cc1. The van der Waals surface area contributed by atoms with Crippen molar-refractivity contribution in [3.8, 4) is 17.2 Å². The van der Waals surface area contributed by atoms with Crippen molar-refractivity contribution in [3.63, 3.8) is 0 Å². The molecule has 1 aliphatic rings. The highest BCUT2D eigenvalue weighted by atomic mass is 16.7. The third-order valence-electron chi connectivity index (χ3n) is 4.11. The zero-order valence-corrected chi connectivity index (χ0v) is 15.7. The van der Waals surface area contributed by atoms with Crippen LogP contribution in [0.4, 0.5) is 0 Å².